The van der Waals surface area contributed by atoms with Crippen molar-refractivity contribution in [2.75, 3.05) is 0 Å². The van der Waals surface area contributed by atoms with Gasteiger partial charge in [-0.05, 0) is 5.41 Å². The number of benzene rings is 1. The van der Waals surface area contributed by atoms with Gasteiger partial charge in [0.15, 0.2) is 0 Å². The van der Waals surface area contributed by atoms with E-state index in [0.29, 0.717) is 0 Å². The molecule has 0 aliphatic heterocycles. The van der Waals surface area contributed by atoms with E-state index in [2.05, 4.69) is 39.0 Å². The average Bonchev–Trinajstić information content (AvgIpc) is 1.88. The summed E-state index contributed by atoms with van der Waals surface area (Å²) >= 11 is 0. The van der Waals surface area contributed by atoms with Crippen molar-refractivity contribution in [3.63, 3.8) is 0 Å². The zero-order valence-corrected chi connectivity index (χ0v) is 12.2. The summed E-state index contributed by atoms with van der Waals surface area (Å²) in [5.41, 5.74) is 1.64. The predicted molar refractivity (Wildman–Crippen MR) is 56.8 cm³/mol. The van der Waals surface area contributed by atoms with Crippen LogP contribution in [0.2, 0.25) is 0 Å². The molecule has 1 heteroatoms. The number of hydrogen-bond donors (Lipinski definition) is 0. The summed E-state index contributed by atoms with van der Waals surface area (Å²) in [6, 6.07) is 11.1. The van der Waals surface area contributed by atoms with Gasteiger partial charge >= 0.3 is 32.7 Å². The van der Waals surface area contributed by atoms with Gasteiger partial charge in [-0.1, -0.05) is 20.8 Å². The zero-order valence-electron chi connectivity index (χ0n) is 9.39. The second-order valence-corrected chi connectivity index (χ2v) is 3.54. The van der Waals surface area contributed by atoms with E-state index in [-0.39, 0.29) is 53.0 Å². The molecule has 1 rings (SSSR count). The Balaban J connectivity index is -0.000000333. The van der Waals surface area contributed by atoms with Crippen LogP contribution in [0.25, 0.3) is 0 Å². The molecule has 1 aromatic rings. The van der Waals surface area contributed by atoms with E-state index in [1.807, 2.05) is 12.1 Å². The Morgan fingerprint density at radius 2 is 1.38 bits per heavy atom. The van der Waals surface area contributed by atoms with Gasteiger partial charge in [-0.25, -0.2) is 0 Å². The maximum absolute atomic E-state index is 3.00. The van der Waals surface area contributed by atoms with Gasteiger partial charge in [0.25, 0.3) is 0 Å². The van der Waals surface area contributed by atoms with Crippen LogP contribution in [0.1, 0.15) is 26.3 Å². The van der Waals surface area contributed by atoms with Crippen LogP contribution in [0.5, 0.6) is 0 Å². The van der Waals surface area contributed by atoms with Crippen molar-refractivity contribution in [2.45, 2.75) is 26.2 Å². The first-order valence-electron chi connectivity index (χ1n) is 3.57. The fourth-order valence-electron chi connectivity index (χ4n) is 0.887. The third-order valence-corrected chi connectivity index (χ3v) is 1.58. The first-order chi connectivity index (χ1) is 4.61. The molecule has 0 amide bonds. The Hall–Kier alpha value is 0.324. The third kappa shape index (κ3) is 6.40. The summed E-state index contributed by atoms with van der Waals surface area (Å²) in [6.07, 6.45) is 0. The molecule has 1 aromatic carbocycles. The summed E-state index contributed by atoms with van der Waals surface area (Å²) in [4.78, 5) is 0. The van der Waals surface area contributed by atoms with Crippen LogP contribution in [-0.2, 0) is 38.1 Å². The normalized spacial score (nSPS) is 8.85. The predicted octanol–water partition coefficient (Wildman–Crippen LogP) is 3.68. The molecule has 0 radical (unpaired) electrons. The fraction of sp³-hybridized carbons (Fsp3) is 0.333. The standard InChI is InChI=1S/C10H13.2CH3.Y/c1-10(2,3)9-7-5-4-6-8-9;;;/h5-8H,1-3H3;2*1H3;/q3*-1;+3. The van der Waals surface area contributed by atoms with Gasteiger partial charge < -0.3 is 14.9 Å². The van der Waals surface area contributed by atoms with E-state index in [0.717, 1.165) is 0 Å². The van der Waals surface area contributed by atoms with Crippen LogP contribution in [0, 0.1) is 20.9 Å². The second kappa shape index (κ2) is 7.70. The van der Waals surface area contributed by atoms with Crippen molar-refractivity contribution in [2.24, 2.45) is 0 Å². The molecule has 0 atom stereocenters. The Labute approximate surface area is 109 Å². The minimum Gasteiger partial charge on any atom is -0.358 e. The Kier molecular flexibility index (Phi) is 11.2. The molecule has 0 aliphatic carbocycles. The summed E-state index contributed by atoms with van der Waals surface area (Å²) in [5, 5.41) is 0. The van der Waals surface area contributed by atoms with Gasteiger partial charge in [0.2, 0.25) is 0 Å². The summed E-state index contributed by atoms with van der Waals surface area (Å²) in [6.45, 7) is 6.63. The minimum absolute atomic E-state index is 0. The molecule has 0 heterocycles. The molecule has 0 saturated heterocycles. The molecule has 0 aliphatic rings. The molecule has 0 unspecified atom stereocenters. The van der Waals surface area contributed by atoms with Gasteiger partial charge in [-0.2, -0.15) is 35.9 Å². The SMILES string of the molecule is CC(C)(C)c1cc[c-]cc1.[CH3-].[CH3-].[Y+3]. The molecule has 0 N–H and O–H groups in total. The molecule has 0 bridgehead atoms. The van der Waals surface area contributed by atoms with Crippen LogP contribution >= 0.6 is 0 Å². The van der Waals surface area contributed by atoms with Crippen LogP contribution in [0.15, 0.2) is 24.3 Å². The molecular weight excluding hydrogens is 233 g/mol. The molecule has 13 heavy (non-hydrogen) atoms. The smallest absolute Gasteiger partial charge is 0.358 e. The average molecular weight is 252 g/mol. The van der Waals surface area contributed by atoms with Crippen molar-refractivity contribution in [3.8, 4) is 0 Å². The van der Waals surface area contributed by atoms with Gasteiger partial charge in [0, 0.05) is 0 Å². The second-order valence-electron chi connectivity index (χ2n) is 3.54. The third-order valence-electron chi connectivity index (χ3n) is 1.58. The van der Waals surface area contributed by atoms with Crippen molar-refractivity contribution in [1.29, 1.82) is 0 Å². The number of hydrogen-bond acceptors (Lipinski definition) is 0. The van der Waals surface area contributed by atoms with Crippen LogP contribution < -0.4 is 0 Å². The number of rotatable bonds is 0. The Morgan fingerprint density at radius 3 is 1.62 bits per heavy atom. The zero-order chi connectivity index (χ0) is 7.61. The molecule has 0 saturated carbocycles. The largest absolute Gasteiger partial charge is 3.00 e. The van der Waals surface area contributed by atoms with Crippen molar-refractivity contribution >= 4 is 0 Å². The van der Waals surface area contributed by atoms with Crippen molar-refractivity contribution in [1.82, 2.24) is 0 Å². The fourth-order valence-corrected chi connectivity index (χ4v) is 0.887. The van der Waals surface area contributed by atoms with E-state index in [4.69, 9.17) is 0 Å². The minimum atomic E-state index is 0. The topological polar surface area (TPSA) is 0 Å². The molecule has 70 valence electrons. The Morgan fingerprint density at radius 1 is 1.00 bits per heavy atom. The molecule has 0 spiro atoms. The molecular formula is C12H19Y. The molecule has 0 nitrogen and oxygen atoms in total. The monoisotopic (exact) mass is 252 g/mol. The maximum atomic E-state index is 3.00. The van der Waals surface area contributed by atoms with E-state index >= 15 is 0 Å². The van der Waals surface area contributed by atoms with E-state index < -0.39 is 0 Å². The van der Waals surface area contributed by atoms with Crippen molar-refractivity contribution in [3.05, 3.63) is 50.7 Å². The first-order valence-corrected chi connectivity index (χ1v) is 3.57. The van der Waals surface area contributed by atoms with E-state index in [1.54, 1.807) is 0 Å². The van der Waals surface area contributed by atoms with Gasteiger partial charge in [-0.3, -0.25) is 0 Å². The quantitative estimate of drug-likeness (QED) is 0.618. The van der Waals surface area contributed by atoms with Crippen molar-refractivity contribution < 1.29 is 32.7 Å². The molecule has 0 fully saturated rings. The van der Waals surface area contributed by atoms with Crippen LogP contribution in [0.3, 0.4) is 0 Å². The van der Waals surface area contributed by atoms with Gasteiger partial charge in [0.05, 0.1) is 0 Å². The van der Waals surface area contributed by atoms with Crippen LogP contribution in [0.4, 0.5) is 0 Å². The molecule has 0 aromatic heterocycles. The van der Waals surface area contributed by atoms with E-state index in [9.17, 15) is 0 Å². The van der Waals surface area contributed by atoms with Crippen LogP contribution in [-0.4, -0.2) is 0 Å². The van der Waals surface area contributed by atoms with Gasteiger partial charge in [0.1, 0.15) is 0 Å². The maximum Gasteiger partial charge on any atom is 3.00 e. The first kappa shape index (κ1) is 19.0. The summed E-state index contributed by atoms with van der Waals surface area (Å²) in [5.74, 6) is 0. The summed E-state index contributed by atoms with van der Waals surface area (Å²) in [7, 11) is 0. The Bertz CT molecular complexity index is 196. The summed E-state index contributed by atoms with van der Waals surface area (Å²) < 4.78 is 0. The van der Waals surface area contributed by atoms with E-state index in [1.165, 1.54) is 5.56 Å². The van der Waals surface area contributed by atoms with Gasteiger partial charge in [-0.15, -0.1) is 0 Å².